The van der Waals surface area contributed by atoms with Crippen LogP contribution in [0.4, 0.5) is 0 Å². The van der Waals surface area contributed by atoms with Crippen molar-refractivity contribution in [2.45, 2.75) is 20.0 Å². The van der Waals surface area contributed by atoms with Crippen molar-refractivity contribution in [3.05, 3.63) is 81.6 Å². The summed E-state index contributed by atoms with van der Waals surface area (Å²) in [4.78, 5) is 25.1. The summed E-state index contributed by atoms with van der Waals surface area (Å²) in [6, 6.07) is 15.7. The number of ketones is 1. The first-order valence-electron chi connectivity index (χ1n) is 8.19. The molecule has 27 heavy (non-hydrogen) atoms. The topological polar surface area (TPSA) is 61.2 Å². The van der Waals surface area contributed by atoms with Gasteiger partial charge in [-0.05, 0) is 38.1 Å². The summed E-state index contributed by atoms with van der Waals surface area (Å²) in [5.74, 6) is -1.06. The van der Waals surface area contributed by atoms with Crippen LogP contribution in [0.1, 0.15) is 33.3 Å². The second-order valence-electron chi connectivity index (χ2n) is 5.92. The molecule has 0 aliphatic heterocycles. The third-order valence-electron chi connectivity index (χ3n) is 3.97. The lowest BCUT2D eigenvalue weighted by molar-refractivity contribution is 0.0318. The molecule has 0 aliphatic carbocycles. The van der Waals surface area contributed by atoms with Gasteiger partial charge in [0.15, 0.2) is 6.10 Å². The highest BCUT2D eigenvalue weighted by molar-refractivity contribution is 6.33. The highest BCUT2D eigenvalue weighted by Gasteiger charge is 2.26. The molecule has 1 aromatic heterocycles. The van der Waals surface area contributed by atoms with Crippen molar-refractivity contribution in [1.29, 1.82) is 0 Å². The fourth-order valence-electron chi connectivity index (χ4n) is 2.62. The number of hydrogen-bond acceptors (Lipinski definition) is 4. The summed E-state index contributed by atoms with van der Waals surface area (Å²) in [6.07, 6.45) is -0.994. The van der Waals surface area contributed by atoms with Gasteiger partial charge in [-0.25, -0.2) is 9.48 Å². The number of carbonyl (C=O) groups excluding carboxylic acids is 2. The first kappa shape index (κ1) is 19.1. The molecule has 0 saturated heterocycles. The van der Waals surface area contributed by atoms with Gasteiger partial charge < -0.3 is 4.74 Å². The van der Waals surface area contributed by atoms with E-state index in [2.05, 4.69) is 5.10 Å². The van der Waals surface area contributed by atoms with E-state index in [-0.39, 0.29) is 16.5 Å². The van der Waals surface area contributed by atoms with Crippen LogP contribution in [0.15, 0.2) is 54.6 Å². The monoisotopic (exact) mass is 402 g/mol. The van der Waals surface area contributed by atoms with Crippen molar-refractivity contribution in [2.75, 3.05) is 0 Å². The SMILES string of the molecule is Cc1nn(-c2ccccc2)c(Cl)c1C(=O)O[C@@H](C)C(=O)c1cccc(Cl)c1. The number of Topliss-reactive ketones (excluding diaryl/α,β-unsaturated/α-hetero) is 1. The molecule has 138 valence electrons. The second kappa shape index (κ2) is 7.94. The summed E-state index contributed by atoms with van der Waals surface area (Å²) >= 11 is 12.3. The molecule has 0 amide bonds. The zero-order valence-electron chi connectivity index (χ0n) is 14.6. The standard InChI is InChI=1S/C20H16Cl2N2O3/c1-12-17(19(22)24(23-12)16-9-4-3-5-10-16)20(26)27-13(2)18(25)14-7-6-8-15(21)11-14/h3-11,13H,1-2H3/t13-/m0/s1. The fraction of sp³-hybridized carbons (Fsp3) is 0.150. The minimum absolute atomic E-state index is 0.131. The molecule has 7 heteroatoms. The van der Waals surface area contributed by atoms with Crippen molar-refractivity contribution in [1.82, 2.24) is 9.78 Å². The van der Waals surface area contributed by atoms with E-state index >= 15 is 0 Å². The molecule has 0 unspecified atom stereocenters. The molecule has 0 saturated carbocycles. The predicted molar refractivity (Wildman–Crippen MR) is 104 cm³/mol. The van der Waals surface area contributed by atoms with E-state index in [0.717, 1.165) is 0 Å². The lowest BCUT2D eigenvalue weighted by atomic mass is 10.1. The average molecular weight is 403 g/mol. The number of benzene rings is 2. The van der Waals surface area contributed by atoms with Crippen LogP contribution in [0.5, 0.6) is 0 Å². The zero-order chi connectivity index (χ0) is 19.6. The lowest BCUT2D eigenvalue weighted by Gasteiger charge is -2.12. The van der Waals surface area contributed by atoms with E-state index in [4.69, 9.17) is 27.9 Å². The van der Waals surface area contributed by atoms with Crippen LogP contribution in [0.3, 0.4) is 0 Å². The van der Waals surface area contributed by atoms with Crippen molar-refractivity contribution < 1.29 is 14.3 Å². The number of aromatic nitrogens is 2. The summed E-state index contributed by atoms with van der Waals surface area (Å²) in [6.45, 7) is 3.16. The van der Waals surface area contributed by atoms with Crippen LogP contribution >= 0.6 is 23.2 Å². The molecule has 0 aliphatic rings. The predicted octanol–water partition coefficient (Wildman–Crippen LogP) is 4.92. The molecule has 3 rings (SSSR count). The maximum Gasteiger partial charge on any atom is 0.343 e. The zero-order valence-corrected chi connectivity index (χ0v) is 16.2. The molecule has 3 aromatic rings. The summed E-state index contributed by atoms with van der Waals surface area (Å²) in [5.41, 5.74) is 1.63. The first-order chi connectivity index (χ1) is 12.9. The van der Waals surface area contributed by atoms with Gasteiger partial charge in [-0.15, -0.1) is 0 Å². The van der Waals surface area contributed by atoms with Gasteiger partial charge >= 0.3 is 5.97 Å². The van der Waals surface area contributed by atoms with Gasteiger partial charge in [0.05, 0.1) is 11.4 Å². The van der Waals surface area contributed by atoms with Crippen molar-refractivity contribution >= 4 is 35.0 Å². The van der Waals surface area contributed by atoms with Crippen LogP contribution in [0.2, 0.25) is 10.2 Å². The summed E-state index contributed by atoms with van der Waals surface area (Å²) < 4.78 is 6.79. The van der Waals surface area contributed by atoms with Crippen LogP contribution in [0.25, 0.3) is 5.69 Å². The van der Waals surface area contributed by atoms with Gasteiger partial charge in [-0.1, -0.05) is 53.5 Å². The highest BCUT2D eigenvalue weighted by Crippen LogP contribution is 2.25. The highest BCUT2D eigenvalue weighted by atomic mass is 35.5. The van der Waals surface area contributed by atoms with Crippen molar-refractivity contribution in [3.8, 4) is 5.69 Å². The van der Waals surface area contributed by atoms with Crippen molar-refractivity contribution in [3.63, 3.8) is 0 Å². The third-order valence-corrected chi connectivity index (χ3v) is 4.56. The minimum atomic E-state index is -0.994. The summed E-state index contributed by atoms with van der Waals surface area (Å²) in [5, 5.41) is 4.87. The number of esters is 1. The van der Waals surface area contributed by atoms with Gasteiger partial charge in [-0.3, -0.25) is 4.79 Å². The fourth-order valence-corrected chi connectivity index (χ4v) is 3.16. The van der Waals surface area contributed by atoms with Gasteiger partial charge in [0.1, 0.15) is 10.7 Å². The number of rotatable bonds is 5. The van der Waals surface area contributed by atoms with Crippen LogP contribution < -0.4 is 0 Å². The number of aryl methyl sites for hydroxylation is 1. The molecule has 1 heterocycles. The minimum Gasteiger partial charge on any atom is -0.451 e. The van der Waals surface area contributed by atoms with E-state index in [9.17, 15) is 9.59 Å². The van der Waals surface area contributed by atoms with E-state index in [1.165, 1.54) is 17.7 Å². The van der Waals surface area contributed by atoms with Gasteiger partial charge in [0, 0.05) is 10.6 Å². The molecule has 0 radical (unpaired) electrons. The van der Waals surface area contributed by atoms with Gasteiger partial charge in [0.25, 0.3) is 0 Å². The Morgan fingerprint density at radius 2 is 1.78 bits per heavy atom. The Hall–Kier alpha value is -2.63. The molecule has 1 atom stereocenters. The lowest BCUT2D eigenvalue weighted by Crippen LogP contribution is -2.24. The molecule has 0 bridgehead atoms. The molecule has 0 N–H and O–H groups in total. The Labute approximate surface area is 166 Å². The Morgan fingerprint density at radius 3 is 2.44 bits per heavy atom. The molecular weight excluding hydrogens is 387 g/mol. The van der Waals surface area contributed by atoms with E-state index < -0.39 is 12.1 Å². The Bertz CT molecular complexity index is 1000. The molecule has 0 spiro atoms. The van der Waals surface area contributed by atoms with Gasteiger partial charge in [-0.2, -0.15) is 5.10 Å². The molecule has 2 aromatic carbocycles. The maximum absolute atomic E-state index is 12.6. The van der Waals surface area contributed by atoms with E-state index in [0.29, 0.717) is 22.0 Å². The average Bonchev–Trinajstić information content (AvgIpc) is 2.96. The number of hydrogen-bond donors (Lipinski definition) is 0. The number of halogens is 2. The number of ether oxygens (including phenoxy) is 1. The Morgan fingerprint density at radius 1 is 1.07 bits per heavy atom. The Balaban J connectivity index is 1.82. The normalized spacial score (nSPS) is 11.9. The largest absolute Gasteiger partial charge is 0.451 e. The Kier molecular flexibility index (Phi) is 5.63. The quantitative estimate of drug-likeness (QED) is 0.448. The molecular formula is C20H16Cl2N2O3. The van der Waals surface area contributed by atoms with E-state index in [1.807, 2.05) is 30.3 Å². The third kappa shape index (κ3) is 4.04. The van der Waals surface area contributed by atoms with Crippen molar-refractivity contribution in [2.24, 2.45) is 0 Å². The summed E-state index contributed by atoms with van der Waals surface area (Å²) in [7, 11) is 0. The van der Waals surface area contributed by atoms with E-state index in [1.54, 1.807) is 25.1 Å². The molecule has 0 fully saturated rings. The maximum atomic E-state index is 12.6. The second-order valence-corrected chi connectivity index (χ2v) is 6.72. The van der Waals surface area contributed by atoms with Gasteiger partial charge in [0.2, 0.25) is 5.78 Å². The van der Waals surface area contributed by atoms with Crippen LogP contribution in [0, 0.1) is 6.92 Å². The molecule has 5 nitrogen and oxygen atoms in total. The van der Waals surface area contributed by atoms with Crippen LogP contribution in [-0.4, -0.2) is 27.6 Å². The number of nitrogens with zero attached hydrogens (tertiary/aromatic N) is 2. The number of carbonyl (C=O) groups is 2. The number of para-hydroxylation sites is 1. The van der Waals surface area contributed by atoms with Crippen LogP contribution in [-0.2, 0) is 4.74 Å². The first-order valence-corrected chi connectivity index (χ1v) is 8.95. The smallest absolute Gasteiger partial charge is 0.343 e.